The molecular formula is C15H31NO4. The average molecular weight is 289 g/mol. The number of hydrogen-bond acceptors (Lipinski definition) is 5. The van der Waals surface area contributed by atoms with Crippen molar-refractivity contribution < 1.29 is 18.9 Å². The van der Waals surface area contributed by atoms with Crippen LogP contribution in [0, 0.1) is 5.41 Å². The minimum atomic E-state index is 0.167. The molecule has 1 aliphatic rings. The van der Waals surface area contributed by atoms with Gasteiger partial charge in [0.05, 0.1) is 45.7 Å². The molecule has 20 heavy (non-hydrogen) atoms. The summed E-state index contributed by atoms with van der Waals surface area (Å²) in [6.45, 7) is 8.19. The third-order valence-corrected chi connectivity index (χ3v) is 3.75. The van der Waals surface area contributed by atoms with Crippen molar-refractivity contribution in [3.05, 3.63) is 0 Å². The minimum Gasteiger partial charge on any atom is -0.382 e. The van der Waals surface area contributed by atoms with Crippen molar-refractivity contribution >= 4 is 0 Å². The first-order valence-corrected chi connectivity index (χ1v) is 7.57. The lowest BCUT2D eigenvalue weighted by molar-refractivity contribution is -0.0491. The molecule has 2 unspecified atom stereocenters. The number of rotatable bonds is 10. The van der Waals surface area contributed by atoms with E-state index in [1.165, 1.54) is 6.42 Å². The Balaban J connectivity index is 1.97. The van der Waals surface area contributed by atoms with Crippen molar-refractivity contribution in [3.63, 3.8) is 0 Å². The van der Waals surface area contributed by atoms with Crippen molar-refractivity contribution in [1.82, 2.24) is 0 Å². The maximum absolute atomic E-state index is 6.11. The van der Waals surface area contributed by atoms with E-state index in [2.05, 4.69) is 13.8 Å². The highest BCUT2D eigenvalue weighted by atomic mass is 16.6. The normalized spacial score (nSPS) is 25.8. The standard InChI is InChI=1S/C15H31NO4/c1-15(2)5-4-13(16)14(12-15)20-11-10-19-9-8-18-7-6-17-3/h13-14H,4-12,16H2,1-3H3. The molecule has 0 amide bonds. The molecule has 0 radical (unpaired) electrons. The van der Waals surface area contributed by atoms with E-state index in [1.54, 1.807) is 7.11 Å². The lowest BCUT2D eigenvalue weighted by Gasteiger charge is -2.38. The van der Waals surface area contributed by atoms with Crippen LogP contribution in [0.4, 0.5) is 0 Å². The Morgan fingerprint density at radius 1 is 1.00 bits per heavy atom. The predicted octanol–water partition coefficient (Wildman–Crippen LogP) is 1.59. The highest BCUT2D eigenvalue weighted by Crippen LogP contribution is 2.35. The maximum Gasteiger partial charge on any atom is 0.0732 e. The second kappa shape index (κ2) is 9.68. The molecule has 120 valence electrons. The summed E-state index contributed by atoms with van der Waals surface area (Å²) in [6.07, 6.45) is 3.43. The van der Waals surface area contributed by atoms with Crippen molar-refractivity contribution in [2.24, 2.45) is 11.1 Å². The molecule has 0 aromatic rings. The van der Waals surface area contributed by atoms with Crippen LogP contribution in [0.15, 0.2) is 0 Å². The fraction of sp³-hybridized carbons (Fsp3) is 1.00. The van der Waals surface area contributed by atoms with E-state index in [1.807, 2.05) is 0 Å². The van der Waals surface area contributed by atoms with Crippen molar-refractivity contribution in [3.8, 4) is 0 Å². The van der Waals surface area contributed by atoms with Crippen molar-refractivity contribution in [1.29, 1.82) is 0 Å². The monoisotopic (exact) mass is 289 g/mol. The van der Waals surface area contributed by atoms with Crippen LogP contribution in [0.5, 0.6) is 0 Å². The van der Waals surface area contributed by atoms with Gasteiger partial charge in [-0.25, -0.2) is 0 Å². The molecule has 0 bridgehead atoms. The molecule has 0 heterocycles. The molecule has 5 heteroatoms. The predicted molar refractivity (Wildman–Crippen MR) is 78.9 cm³/mol. The summed E-state index contributed by atoms with van der Waals surface area (Å²) >= 11 is 0. The summed E-state index contributed by atoms with van der Waals surface area (Å²) in [7, 11) is 1.66. The maximum atomic E-state index is 6.11. The second-order valence-electron chi connectivity index (χ2n) is 6.20. The van der Waals surface area contributed by atoms with Gasteiger partial charge in [0.1, 0.15) is 0 Å². The number of ether oxygens (including phenoxy) is 4. The molecule has 1 aliphatic carbocycles. The van der Waals surface area contributed by atoms with Crippen molar-refractivity contribution in [2.45, 2.75) is 45.3 Å². The van der Waals surface area contributed by atoms with E-state index in [-0.39, 0.29) is 12.1 Å². The van der Waals surface area contributed by atoms with E-state index in [0.717, 1.165) is 12.8 Å². The minimum absolute atomic E-state index is 0.167. The summed E-state index contributed by atoms with van der Waals surface area (Å²) in [6, 6.07) is 0.167. The van der Waals surface area contributed by atoms with Crippen LogP contribution in [0.2, 0.25) is 0 Å². The first kappa shape index (κ1) is 17.9. The van der Waals surface area contributed by atoms with Gasteiger partial charge in [-0.15, -0.1) is 0 Å². The van der Waals surface area contributed by atoms with Gasteiger partial charge in [-0.3, -0.25) is 0 Å². The lowest BCUT2D eigenvalue weighted by atomic mass is 9.74. The Morgan fingerprint density at radius 3 is 2.25 bits per heavy atom. The number of methoxy groups -OCH3 is 1. The molecular weight excluding hydrogens is 258 g/mol. The average Bonchev–Trinajstić information content (AvgIpc) is 2.40. The zero-order chi connectivity index (χ0) is 14.8. The molecule has 0 spiro atoms. The Hall–Kier alpha value is -0.200. The fourth-order valence-corrected chi connectivity index (χ4v) is 2.45. The zero-order valence-corrected chi connectivity index (χ0v) is 13.2. The topological polar surface area (TPSA) is 62.9 Å². The summed E-state index contributed by atoms with van der Waals surface area (Å²) < 4.78 is 21.5. The number of nitrogens with two attached hydrogens (primary N) is 1. The molecule has 1 fully saturated rings. The Kier molecular flexibility index (Phi) is 8.64. The third kappa shape index (κ3) is 7.55. The second-order valence-corrected chi connectivity index (χ2v) is 6.20. The molecule has 2 atom stereocenters. The highest BCUT2D eigenvalue weighted by Gasteiger charge is 2.33. The molecule has 1 saturated carbocycles. The van der Waals surface area contributed by atoms with E-state index in [4.69, 9.17) is 24.7 Å². The molecule has 0 saturated heterocycles. The van der Waals surface area contributed by atoms with Gasteiger partial charge in [-0.05, 0) is 24.7 Å². The summed E-state index contributed by atoms with van der Waals surface area (Å²) in [5.74, 6) is 0. The van der Waals surface area contributed by atoms with Crippen LogP contribution in [0.25, 0.3) is 0 Å². The lowest BCUT2D eigenvalue weighted by Crippen LogP contribution is -2.45. The zero-order valence-electron chi connectivity index (χ0n) is 13.2. The molecule has 0 aromatic carbocycles. The van der Waals surface area contributed by atoms with E-state index in [9.17, 15) is 0 Å². The van der Waals surface area contributed by atoms with E-state index in [0.29, 0.717) is 45.1 Å². The molecule has 5 nitrogen and oxygen atoms in total. The van der Waals surface area contributed by atoms with Gasteiger partial charge >= 0.3 is 0 Å². The number of hydrogen-bond donors (Lipinski definition) is 1. The molecule has 0 aliphatic heterocycles. The van der Waals surface area contributed by atoms with Gasteiger partial charge in [0.2, 0.25) is 0 Å². The van der Waals surface area contributed by atoms with E-state index < -0.39 is 0 Å². The Morgan fingerprint density at radius 2 is 1.60 bits per heavy atom. The highest BCUT2D eigenvalue weighted by molar-refractivity contribution is 4.87. The first-order chi connectivity index (χ1) is 9.55. The van der Waals surface area contributed by atoms with Gasteiger partial charge in [-0.2, -0.15) is 0 Å². The van der Waals surface area contributed by atoms with Crippen LogP contribution in [-0.4, -0.2) is 58.9 Å². The SMILES string of the molecule is COCCOCCOCCOC1CC(C)(C)CCC1N. The Labute approximate surface area is 123 Å². The van der Waals surface area contributed by atoms with E-state index >= 15 is 0 Å². The largest absolute Gasteiger partial charge is 0.382 e. The van der Waals surface area contributed by atoms with Crippen LogP contribution in [-0.2, 0) is 18.9 Å². The smallest absolute Gasteiger partial charge is 0.0732 e. The fourth-order valence-electron chi connectivity index (χ4n) is 2.45. The van der Waals surface area contributed by atoms with Crippen LogP contribution in [0.3, 0.4) is 0 Å². The van der Waals surface area contributed by atoms with Crippen LogP contribution in [0.1, 0.15) is 33.1 Å². The molecule has 1 rings (SSSR count). The first-order valence-electron chi connectivity index (χ1n) is 7.57. The molecule has 2 N–H and O–H groups in total. The van der Waals surface area contributed by atoms with Gasteiger partial charge in [0, 0.05) is 13.2 Å². The van der Waals surface area contributed by atoms with Gasteiger partial charge in [0.25, 0.3) is 0 Å². The van der Waals surface area contributed by atoms with Gasteiger partial charge in [0.15, 0.2) is 0 Å². The summed E-state index contributed by atoms with van der Waals surface area (Å²) in [5, 5.41) is 0. The molecule has 0 aromatic heterocycles. The summed E-state index contributed by atoms with van der Waals surface area (Å²) in [4.78, 5) is 0. The van der Waals surface area contributed by atoms with Gasteiger partial charge in [-0.1, -0.05) is 13.8 Å². The van der Waals surface area contributed by atoms with Gasteiger partial charge < -0.3 is 24.7 Å². The third-order valence-electron chi connectivity index (χ3n) is 3.75. The Bertz CT molecular complexity index is 248. The van der Waals surface area contributed by atoms with Crippen LogP contribution < -0.4 is 5.73 Å². The van der Waals surface area contributed by atoms with Crippen molar-refractivity contribution in [2.75, 3.05) is 46.8 Å². The quantitative estimate of drug-likeness (QED) is 0.619. The van der Waals surface area contributed by atoms with Crippen LogP contribution >= 0.6 is 0 Å². The summed E-state index contributed by atoms with van der Waals surface area (Å²) in [5.41, 5.74) is 6.46.